The molecule has 3 rings (SSSR count). The summed E-state index contributed by atoms with van der Waals surface area (Å²) < 4.78 is 0. The molecule has 0 unspecified atom stereocenters. The van der Waals surface area contributed by atoms with E-state index in [4.69, 9.17) is 0 Å². The number of nitrogens with zero attached hydrogens (tertiary/aromatic N) is 1. The van der Waals surface area contributed by atoms with Crippen LogP contribution in [0.3, 0.4) is 0 Å². The number of thiophene rings is 2. The molecule has 1 amide bonds. The second-order valence-electron chi connectivity index (χ2n) is 5.15. The molecular weight excluding hydrogens is 332 g/mol. The van der Waals surface area contributed by atoms with Gasteiger partial charge in [-0.05, 0) is 42.7 Å². The molecule has 0 radical (unpaired) electrons. The van der Waals surface area contributed by atoms with E-state index in [-0.39, 0.29) is 5.91 Å². The van der Waals surface area contributed by atoms with Gasteiger partial charge < -0.3 is 5.32 Å². The number of carbonyl (C=O) groups is 1. The van der Waals surface area contributed by atoms with Crippen molar-refractivity contribution >= 4 is 45.3 Å². The molecule has 0 saturated carbocycles. The summed E-state index contributed by atoms with van der Waals surface area (Å²) >= 11 is 4.90. The number of aryl methyl sites for hydroxylation is 1. The minimum absolute atomic E-state index is 0.0170. The summed E-state index contributed by atoms with van der Waals surface area (Å²) in [6.07, 6.45) is 4.33. The molecule has 2 aromatic rings. The van der Waals surface area contributed by atoms with Gasteiger partial charge in [0, 0.05) is 15.5 Å². The molecule has 114 valence electrons. The van der Waals surface area contributed by atoms with Crippen molar-refractivity contribution in [3.63, 3.8) is 0 Å². The van der Waals surface area contributed by atoms with Gasteiger partial charge in [-0.25, -0.2) is 0 Å². The third kappa shape index (κ3) is 3.54. The number of nitriles is 1. The van der Waals surface area contributed by atoms with Gasteiger partial charge in [0.15, 0.2) is 0 Å². The highest BCUT2D eigenvalue weighted by Crippen LogP contribution is 2.37. The zero-order chi connectivity index (χ0) is 15.4. The van der Waals surface area contributed by atoms with E-state index in [1.807, 2.05) is 11.4 Å². The lowest BCUT2D eigenvalue weighted by molar-refractivity contribution is -0.113. The van der Waals surface area contributed by atoms with E-state index in [9.17, 15) is 10.1 Å². The van der Waals surface area contributed by atoms with Crippen LogP contribution in [0.1, 0.15) is 33.7 Å². The maximum Gasteiger partial charge on any atom is 0.235 e. The molecule has 1 N–H and O–H groups in total. The second kappa shape index (κ2) is 7.32. The quantitative estimate of drug-likeness (QED) is 0.869. The highest BCUT2D eigenvalue weighted by Gasteiger charge is 2.21. The van der Waals surface area contributed by atoms with E-state index in [1.165, 1.54) is 21.7 Å². The summed E-state index contributed by atoms with van der Waals surface area (Å²) in [4.78, 5) is 14.7. The van der Waals surface area contributed by atoms with Gasteiger partial charge in [-0.3, -0.25) is 4.79 Å². The number of anilines is 1. The number of rotatable bonds is 5. The maximum absolute atomic E-state index is 12.1. The summed E-state index contributed by atoms with van der Waals surface area (Å²) in [5.41, 5.74) is 1.86. The second-order valence-corrected chi connectivity index (χ2v) is 8.27. The topological polar surface area (TPSA) is 52.9 Å². The Bertz CT molecular complexity index is 698. The molecule has 0 saturated heterocycles. The fourth-order valence-corrected chi connectivity index (χ4v) is 5.50. The lowest BCUT2D eigenvalue weighted by Gasteiger charge is -2.09. The molecule has 3 nitrogen and oxygen atoms in total. The van der Waals surface area contributed by atoms with Gasteiger partial charge in [0.1, 0.15) is 11.1 Å². The molecular formula is C16H16N2OS3. The van der Waals surface area contributed by atoms with Crippen molar-refractivity contribution in [2.24, 2.45) is 0 Å². The van der Waals surface area contributed by atoms with E-state index in [0.29, 0.717) is 11.3 Å². The van der Waals surface area contributed by atoms with Crippen LogP contribution in [0, 0.1) is 11.3 Å². The Morgan fingerprint density at radius 1 is 1.41 bits per heavy atom. The zero-order valence-electron chi connectivity index (χ0n) is 12.1. The molecule has 0 atom stereocenters. The molecule has 1 aliphatic carbocycles. The van der Waals surface area contributed by atoms with Crippen molar-refractivity contribution in [1.82, 2.24) is 0 Å². The molecule has 0 bridgehead atoms. The van der Waals surface area contributed by atoms with Gasteiger partial charge in [-0.2, -0.15) is 5.26 Å². The molecule has 0 spiro atoms. The first-order valence-corrected chi connectivity index (χ1v) is 10.1. The Labute approximate surface area is 142 Å². The average molecular weight is 349 g/mol. The van der Waals surface area contributed by atoms with Crippen molar-refractivity contribution in [3.05, 3.63) is 38.4 Å². The van der Waals surface area contributed by atoms with Gasteiger partial charge >= 0.3 is 0 Å². The van der Waals surface area contributed by atoms with Gasteiger partial charge in [0.05, 0.1) is 11.3 Å². The molecule has 22 heavy (non-hydrogen) atoms. The van der Waals surface area contributed by atoms with E-state index in [1.54, 1.807) is 34.4 Å². The largest absolute Gasteiger partial charge is 0.316 e. The van der Waals surface area contributed by atoms with Crippen LogP contribution in [0.15, 0.2) is 17.5 Å². The third-order valence-electron chi connectivity index (χ3n) is 3.59. The van der Waals surface area contributed by atoms with Crippen LogP contribution in [0.2, 0.25) is 0 Å². The van der Waals surface area contributed by atoms with Crippen LogP contribution in [0.25, 0.3) is 0 Å². The zero-order valence-corrected chi connectivity index (χ0v) is 14.5. The van der Waals surface area contributed by atoms with Crippen molar-refractivity contribution in [1.29, 1.82) is 5.26 Å². The number of amides is 1. The maximum atomic E-state index is 12.1. The predicted molar refractivity (Wildman–Crippen MR) is 94.8 cm³/mol. The molecule has 2 heterocycles. The lowest BCUT2D eigenvalue weighted by atomic mass is 9.96. The summed E-state index contributed by atoms with van der Waals surface area (Å²) in [5.74, 6) is 1.26. The molecule has 1 aliphatic rings. The van der Waals surface area contributed by atoms with Crippen molar-refractivity contribution in [2.45, 2.75) is 31.4 Å². The summed E-state index contributed by atoms with van der Waals surface area (Å²) in [5, 5.41) is 15.1. The Morgan fingerprint density at radius 3 is 3.05 bits per heavy atom. The normalized spacial score (nSPS) is 13.4. The Balaban J connectivity index is 1.59. The highest BCUT2D eigenvalue weighted by atomic mass is 32.2. The monoisotopic (exact) mass is 348 g/mol. The van der Waals surface area contributed by atoms with Crippen LogP contribution >= 0.6 is 34.4 Å². The van der Waals surface area contributed by atoms with Crippen LogP contribution < -0.4 is 5.32 Å². The SMILES string of the molecule is N#Cc1c(NC(=O)CSCc2cccs2)sc2c1CCCC2. The Morgan fingerprint density at radius 2 is 2.27 bits per heavy atom. The summed E-state index contributed by atoms with van der Waals surface area (Å²) in [7, 11) is 0. The molecule has 0 aromatic carbocycles. The van der Waals surface area contributed by atoms with E-state index >= 15 is 0 Å². The fraction of sp³-hybridized carbons (Fsp3) is 0.375. The third-order valence-corrected chi connectivity index (χ3v) is 6.84. The number of hydrogen-bond acceptors (Lipinski definition) is 5. The lowest BCUT2D eigenvalue weighted by Crippen LogP contribution is -2.14. The van der Waals surface area contributed by atoms with Gasteiger partial charge in [0.25, 0.3) is 0 Å². The number of fused-ring (bicyclic) bond motifs is 1. The van der Waals surface area contributed by atoms with Crippen LogP contribution in [-0.4, -0.2) is 11.7 Å². The molecule has 2 aromatic heterocycles. The van der Waals surface area contributed by atoms with Crippen molar-refractivity contribution in [3.8, 4) is 6.07 Å². The number of carbonyl (C=O) groups excluding carboxylic acids is 1. The average Bonchev–Trinajstić information content (AvgIpc) is 3.14. The highest BCUT2D eigenvalue weighted by molar-refractivity contribution is 7.99. The number of hydrogen-bond donors (Lipinski definition) is 1. The van der Waals surface area contributed by atoms with E-state index in [0.717, 1.165) is 30.0 Å². The van der Waals surface area contributed by atoms with Gasteiger partial charge in [-0.15, -0.1) is 34.4 Å². The summed E-state index contributed by atoms with van der Waals surface area (Å²) in [6.45, 7) is 0. The first-order chi connectivity index (χ1) is 10.8. The number of thioether (sulfide) groups is 1. The van der Waals surface area contributed by atoms with Crippen molar-refractivity contribution < 1.29 is 4.79 Å². The smallest absolute Gasteiger partial charge is 0.235 e. The predicted octanol–water partition coefficient (Wildman–Crippen LogP) is 4.43. The molecule has 0 aliphatic heterocycles. The minimum atomic E-state index is -0.0170. The number of nitrogens with one attached hydrogen (secondary N) is 1. The van der Waals surface area contributed by atoms with Crippen molar-refractivity contribution in [2.75, 3.05) is 11.1 Å². The van der Waals surface area contributed by atoms with Gasteiger partial charge in [0.2, 0.25) is 5.91 Å². The fourth-order valence-electron chi connectivity index (χ4n) is 2.57. The Hall–Kier alpha value is -1.29. The minimum Gasteiger partial charge on any atom is -0.316 e. The first kappa shape index (κ1) is 15.6. The van der Waals surface area contributed by atoms with E-state index < -0.39 is 0 Å². The van der Waals surface area contributed by atoms with E-state index in [2.05, 4.69) is 17.5 Å². The standard InChI is InChI=1S/C16H16N2OS3/c17-8-13-12-5-1-2-6-14(12)22-16(13)18-15(19)10-20-9-11-4-3-7-21-11/h3-4,7H,1-2,5-6,9-10H2,(H,18,19). The van der Waals surface area contributed by atoms with Crippen LogP contribution in [0.5, 0.6) is 0 Å². The molecule has 0 fully saturated rings. The Kier molecular flexibility index (Phi) is 5.19. The van der Waals surface area contributed by atoms with Crippen LogP contribution in [0.4, 0.5) is 5.00 Å². The molecule has 6 heteroatoms. The van der Waals surface area contributed by atoms with Crippen LogP contribution in [-0.2, 0) is 23.4 Å². The summed E-state index contributed by atoms with van der Waals surface area (Å²) in [6, 6.07) is 6.38. The first-order valence-electron chi connectivity index (χ1n) is 7.22. The van der Waals surface area contributed by atoms with Gasteiger partial charge in [-0.1, -0.05) is 6.07 Å².